The van der Waals surface area contributed by atoms with Gasteiger partial charge in [-0.3, -0.25) is 0 Å². The van der Waals surface area contributed by atoms with Crippen molar-refractivity contribution < 1.29 is 42.4 Å². The first kappa shape index (κ1) is 12.1. The monoisotopic (exact) mass is 197 g/mol. The Morgan fingerprint density at radius 1 is 1.25 bits per heavy atom. The van der Waals surface area contributed by atoms with Crippen molar-refractivity contribution in [3.05, 3.63) is 35.2 Å². The minimum Gasteiger partial charge on any atom is -0.560 e. The molecule has 0 fully saturated rings. The van der Waals surface area contributed by atoms with Gasteiger partial charge in [0.1, 0.15) is 15.8 Å². The van der Waals surface area contributed by atoms with E-state index in [1.807, 2.05) is 0 Å². The summed E-state index contributed by atoms with van der Waals surface area (Å²) in [4.78, 5) is -0.583. The summed E-state index contributed by atoms with van der Waals surface area (Å²) in [6.45, 7) is 0. The van der Waals surface area contributed by atoms with Crippen LogP contribution in [0.2, 0.25) is 0 Å². The van der Waals surface area contributed by atoms with Gasteiger partial charge in [0.25, 0.3) is 0 Å². The Morgan fingerprint density at radius 3 is 2.08 bits per heavy atom. The Balaban J connectivity index is 0.00000121. The van der Waals surface area contributed by atoms with Gasteiger partial charge in [-0.05, 0) is 12.1 Å². The van der Waals surface area contributed by atoms with Gasteiger partial charge < -0.3 is 5.14 Å². The third-order valence-electron chi connectivity index (χ3n) is 1.13. The number of hydrogen-bond donors (Lipinski definition) is 0. The number of halogens is 1. The zero-order chi connectivity index (χ0) is 8.48. The maximum atomic E-state index is 12.6. The molecule has 0 heterocycles. The first-order valence-electron chi connectivity index (χ1n) is 2.76. The topological polar surface area (TPSA) is 57.9 Å². The predicted molar refractivity (Wildman–Crippen MR) is 37.9 cm³/mol. The van der Waals surface area contributed by atoms with Gasteiger partial charge in [-0.2, -0.15) is 0 Å². The van der Waals surface area contributed by atoms with Crippen LogP contribution in [0.1, 0.15) is 0 Å². The average molecular weight is 197 g/mol. The molecule has 0 unspecified atom stereocenters. The van der Waals surface area contributed by atoms with Crippen molar-refractivity contribution in [1.29, 1.82) is 0 Å². The van der Waals surface area contributed by atoms with E-state index >= 15 is 0 Å². The molecular weight excluding hydrogens is 192 g/mol. The molecule has 0 saturated carbocycles. The third-order valence-corrected chi connectivity index (χ3v) is 2.04. The SMILES string of the molecule is [NH-]S(=O)(=O)c1ccccc1F.[Na+]. The van der Waals surface area contributed by atoms with Gasteiger partial charge in [0.05, 0.1) is 4.90 Å². The van der Waals surface area contributed by atoms with E-state index in [-0.39, 0.29) is 29.6 Å². The van der Waals surface area contributed by atoms with Crippen LogP contribution in [0.4, 0.5) is 4.39 Å². The molecule has 0 spiro atoms. The predicted octanol–water partition coefficient (Wildman–Crippen LogP) is -1.43. The molecule has 0 aromatic heterocycles. The standard InChI is InChI=1S/C6H5FNO2S.Na/c7-5-3-1-2-4-6(5)11(8,9)10;/h1-4H,(H-,8,9,10);/q-1;+1. The first-order chi connectivity index (χ1) is 5.02. The minimum atomic E-state index is -4.16. The van der Waals surface area contributed by atoms with Crippen molar-refractivity contribution in [3.63, 3.8) is 0 Å². The second kappa shape index (κ2) is 4.34. The Hall–Kier alpha value is 0.0600. The van der Waals surface area contributed by atoms with Gasteiger partial charge in [0, 0.05) is 0 Å². The molecule has 0 amide bonds. The van der Waals surface area contributed by atoms with E-state index in [4.69, 9.17) is 5.14 Å². The van der Waals surface area contributed by atoms with E-state index in [0.717, 1.165) is 12.1 Å². The van der Waals surface area contributed by atoms with Crippen LogP contribution in [0.3, 0.4) is 0 Å². The smallest absolute Gasteiger partial charge is 0.560 e. The molecule has 1 rings (SSSR count). The summed E-state index contributed by atoms with van der Waals surface area (Å²) in [5, 5.41) is 6.55. The Bertz CT molecular complexity index is 366. The van der Waals surface area contributed by atoms with E-state index in [1.54, 1.807) is 0 Å². The Kier molecular flexibility index (Phi) is 4.36. The zero-order valence-electron chi connectivity index (χ0n) is 6.41. The van der Waals surface area contributed by atoms with Crippen LogP contribution in [-0.4, -0.2) is 8.42 Å². The summed E-state index contributed by atoms with van der Waals surface area (Å²) < 4.78 is 33.5. The maximum absolute atomic E-state index is 12.6. The summed E-state index contributed by atoms with van der Waals surface area (Å²) in [6.07, 6.45) is 0. The Morgan fingerprint density at radius 2 is 1.75 bits per heavy atom. The second-order valence-electron chi connectivity index (χ2n) is 1.93. The minimum absolute atomic E-state index is 0. The van der Waals surface area contributed by atoms with Crippen molar-refractivity contribution in [2.24, 2.45) is 0 Å². The van der Waals surface area contributed by atoms with Gasteiger partial charge in [-0.25, -0.2) is 12.8 Å². The molecule has 1 N–H and O–H groups in total. The molecule has 60 valence electrons. The molecule has 1 aromatic rings. The molecule has 0 saturated heterocycles. The molecular formula is C6H5FNNaO2S. The van der Waals surface area contributed by atoms with Gasteiger partial charge >= 0.3 is 29.6 Å². The van der Waals surface area contributed by atoms with Crippen molar-refractivity contribution in [2.75, 3.05) is 0 Å². The van der Waals surface area contributed by atoms with Crippen LogP contribution in [0.15, 0.2) is 29.2 Å². The molecule has 0 aliphatic rings. The summed E-state index contributed by atoms with van der Waals surface area (Å²) in [6, 6.07) is 4.79. The van der Waals surface area contributed by atoms with E-state index in [1.165, 1.54) is 12.1 Å². The van der Waals surface area contributed by atoms with Crippen LogP contribution in [0.25, 0.3) is 5.14 Å². The summed E-state index contributed by atoms with van der Waals surface area (Å²) in [7, 11) is -4.16. The number of rotatable bonds is 1. The van der Waals surface area contributed by atoms with Crippen molar-refractivity contribution in [3.8, 4) is 0 Å². The fourth-order valence-electron chi connectivity index (χ4n) is 0.663. The number of benzene rings is 1. The van der Waals surface area contributed by atoms with Crippen molar-refractivity contribution in [2.45, 2.75) is 4.90 Å². The zero-order valence-corrected chi connectivity index (χ0v) is 9.23. The average Bonchev–Trinajstić information content (AvgIpc) is 1.86. The van der Waals surface area contributed by atoms with Gasteiger partial charge in [-0.15, -0.1) is 0 Å². The Labute approximate surface area is 92.1 Å². The largest absolute Gasteiger partial charge is 1.00 e. The van der Waals surface area contributed by atoms with Crippen LogP contribution in [0.5, 0.6) is 0 Å². The quantitative estimate of drug-likeness (QED) is 0.518. The summed E-state index contributed by atoms with van der Waals surface area (Å²) in [5.74, 6) is -0.887. The summed E-state index contributed by atoms with van der Waals surface area (Å²) in [5.41, 5.74) is 0. The molecule has 0 aliphatic carbocycles. The molecule has 12 heavy (non-hydrogen) atoms. The van der Waals surface area contributed by atoms with Gasteiger partial charge in [-0.1, -0.05) is 12.1 Å². The third kappa shape index (κ3) is 2.84. The van der Waals surface area contributed by atoms with Crippen molar-refractivity contribution in [1.82, 2.24) is 0 Å². The molecule has 6 heteroatoms. The first-order valence-corrected chi connectivity index (χ1v) is 4.24. The van der Waals surface area contributed by atoms with Gasteiger partial charge in [0.2, 0.25) is 0 Å². The van der Waals surface area contributed by atoms with Crippen molar-refractivity contribution >= 4 is 10.0 Å². The van der Waals surface area contributed by atoms with Gasteiger partial charge in [0.15, 0.2) is 0 Å². The normalized spacial score (nSPS) is 10.5. The van der Waals surface area contributed by atoms with Crippen LogP contribution < -0.4 is 29.6 Å². The molecule has 0 aliphatic heterocycles. The van der Waals surface area contributed by atoms with E-state index < -0.39 is 20.7 Å². The second-order valence-corrected chi connectivity index (χ2v) is 3.38. The van der Waals surface area contributed by atoms with E-state index in [2.05, 4.69) is 0 Å². The van der Waals surface area contributed by atoms with E-state index in [0.29, 0.717) is 0 Å². The fraction of sp³-hybridized carbons (Fsp3) is 0. The number of nitrogens with one attached hydrogen (secondary N) is 1. The molecule has 3 nitrogen and oxygen atoms in total. The fourth-order valence-corrected chi connectivity index (χ4v) is 1.25. The molecule has 1 aromatic carbocycles. The number of sulfonamides is 1. The molecule has 0 bridgehead atoms. The van der Waals surface area contributed by atoms with E-state index in [9.17, 15) is 12.8 Å². The molecule has 0 radical (unpaired) electrons. The van der Waals surface area contributed by atoms with Crippen LogP contribution in [0, 0.1) is 5.82 Å². The van der Waals surface area contributed by atoms with Crippen LogP contribution >= 0.6 is 0 Å². The van der Waals surface area contributed by atoms with Crippen LogP contribution in [-0.2, 0) is 10.0 Å². The summed E-state index contributed by atoms with van der Waals surface area (Å²) >= 11 is 0. The maximum Gasteiger partial charge on any atom is 1.00 e. The molecule has 0 atom stereocenters. The number of hydrogen-bond acceptors (Lipinski definition) is 2.